The fourth-order valence-corrected chi connectivity index (χ4v) is 2.80. The summed E-state index contributed by atoms with van der Waals surface area (Å²) in [4.78, 5) is 4.73. The van der Waals surface area contributed by atoms with Gasteiger partial charge in [0.1, 0.15) is 6.61 Å². The standard InChI is InChI=1S/C19H14N4O/c1-2-11-24-13-14-12-20-22-23(14)19-15-7-3-5-9-17(15)21-18-10-6-4-8-16(18)19/h1,3-10,12H,11,13H2. The summed E-state index contributed by atoms with van der Waals surface area (Å²) in [5.74, 6) is 2.47. The van der Waals surface area contributed by atoms with Crippen molar-refractivity contribution in [2.24, 2.45) is 0 Å². The Hall–Kier alpha value is -3.23. The molecule has 0 bridgehead atoms. The zero-order valence-corrected chi connectivity index (χ0v) is 12.9. The molecule has 4 rings (SSSR count). The second-order valence-electron chi connectivity index (χ2n) is 5.33. The molecule has 0 aliphatic carbocycles. The lowest BCUT2D eigenvalue weighted by Crippen LogP contribution is -2.06. The van der Waals surface area contributed by atoms with Gasteiger partial charge in [-0.3, -0.25) is 0 Å². The number of aromatic nitrogens is 4. The molecule has 116 valence electrons. The molecule has 0 fully saturated rings. The Morgan fingerprint density at radius 2 is 1.67 bits per heavy atom. The van der Waals surface area contributed by atoms with Gasteiger partial charge in [-0.15, -0.1) is 11.5 Å². The lowest BCUT2D eigenvalue weighted by Gasteiger charge is -2.12. The van der Waals surface area contributed by atoms with Crippen LogP contribution in [-0.4, -0.2) is 26.6 Å². The van der Waals surface area contributed by atoms with Crippen LogP contribution in [0.1, 0.15) is 5.69 Å². The number of terminal acetylenes is 1. The summed E-state index contributed by atoms with van der Waals surface area (Å²) < 4.78 is 7.27. The molecule has 0 spiro atoms. The first-order valence-corrected chi connectivity index (χ1v) is 7.57. The van der Waals surface area contributed by atoms with Crippen LogP contribution in [0.25, 0.3) is 27.5 Å². The van der Waals surface area contributed by atoms with E-state index >= 15 is 0 Å². The largest absolute Gasteiger partial charge is 0.362 e. The predicted molar refractivity (Wildman–Crippen MR) is 92.7 cm³/mol. The number of benzene rings is 2. The van der Waals surface area contributed by atoms with Crippen molar-refractivity contribution in [2.75, 3.05) is 6.61 Å². The van der Waals surface area contributed by atoms with E-state index in [4.69, 9.17) is 16.1 Å². The Morgan fingerprint density at radius 3 is 2.33 bits per heavy atom. The third kappa shape index (κ3) is 2.39. The third-order valence-corrected chi connectivity index (χ3v) is 3.83. The highest BCUT2D eigenvalue weighted by molar-refractivity contribution is 6.03. The van der Waals surface area contributed by atoms with Gasteiger partial charge in [-0.1, -0.05) is 47.5 Å². The maximum Gasteiger partial charge on any atom is 0.107 e. The fraction of sp³-hybridized carbons (Fsp3) is 0.105. The van der Waals surface area contributed by atoms with Crippen molar-refractivity contribution in [3.63, 3.8) is 0 Å². The average molecular weight is 314 g/mol. The highest BCUT2D eigenvalue weighted by Gasteiger charge is 2.14. The minimum absolute atomic E-state index is 0.253. The number of hydrogen-bond acceptors (Lipinski definition) is 4. The molecule has 4 aromatic rings. The van der Waals surface area contributed by atoms with Crippen molar-refractivity contribution in [3.05, 3.63) is 60.4 Å². The van der Waals surface area contributed by atoms with Crippen LogP contribution in [0.4, 0.5) is 0 Å². The highest BCUT2D eigenvalue weighted by atomic mass is 16.5. The van der Waals surface area contributed by atoms with Crippen LogP contribution < -0.4 is 0 Å². The van der Waals surface area contributed by atoms with E-state index in [0.717, 1.165) is 33.2 Å². The smallest absolute Gasteiger partial charge is 0.107 e. The van der Waals surface area contributed by atoms with E-state index in [2.05, 4.69) is 16.2 Å². The van der Waals surface area contributed by atoms with Crippen LogP contribution in [-0.2, 0) is 11.3 Å². The second kappa shape index (κ2) is 6.11. The Bertz CT molecular complexity index is 1010. The lowest BCUT2D eigenvalue weighted by atomic mass is 10.1. The molecule has 0 radical (unpaired) electrons. The maximum absolute atomic E-state index is 5.46. The van der Waals surface area contributed by atoms with Crippen molar-refractivity contribution in [1.29, 1.82) is 0 Å². The summed E-state index contributed by atoms with van der Waals surface area (Å²) in [6.45, 7) is 0.602. The van der Waals surface area contributed by atoms with Gasteiger partial charge in [0.25, 0.3) is 0 Å². The number of rotatable bonds is 4. The number of ether oxygens (including phenoxy) is 1. The molecule has 0 unspecified atom stereocenters. The van der Waals surface area contributed by atoms with Crippen molar-refractivity contribution < 1.29 is 4.74 Å². The zero-order chi connectivity index (χ0) is 16.4. The van der Waals surface area contributed by atoms with Crippen LogP contribution >= 0.6 is 0 Å². The Balaban J connectivity index is 1.98. The Labute approximate surface area is 138 Å². The van der Waals surface area contributed by atoms with Gasteiger partial charge < -0.3 is 4.74 Å². The molecule has 5 heteroatoms. The molecule has 24 heavy (non-hydrogen) atoms. The number of para-hydroxylation sites is 2. The second-order valence-corrected chi connectivity index (χ2v) is 5.33. The van der Waals surface area contributed by atoms with E-state index in [9.17, 15) is 0 Å². The van der Waals surface area contributed by atoms with Crippen LogP contribution in [0.3, 0.4) is 0 Å². The molecule has 0 N–H and O–H groups in total. The fourth-order valence-electron chi connectivity index (χ4n) is 2.80. The van der Waals surface area contributed by atoms with Crippen LogP contribution in [0, 0.1) is 12.3 Å². The first-order valence-electron chi connectivity index (χ1n) is 7.57. The van der Waals surface area contributed by atoms with E-state index in [1.807, 2.05) is 53.2 Å². The van der Waals surface area contributed by atoms with Gasteiger partial charge in [-0.25, -0.2) is 9.67 Å². The lowest BCUT2D eigenvalue weighted by molar-refractivity contribution is 0.148. The molecule has 2 aromatic carbocycles. The van der Waals surface area contributed by atoms with E-state index in [1.54, 1.807) is 6.20 Å². The summed E-state index contributed by atoms with van der Waals surface area (Å²) >= 11 is 0. The average Bonchev–Trinajstić information content (AvgIpc) is 3.08. The molecule has 5 nitrogen and oxygen atoms in total. The molecule has 2 heterocycles. The summed E-state index contributed by atoms with van der Waals surface area (Å²) in [6.07, 6.45) is 6.94. The van der Waals surface area contributed by atoms with Gasteiger partial charge in [0.2, 0.25) is 0 Å². The summed E-state index contributed by atoms with van der Waals surface area (Å²) in [5, 5.41) is 10.4. The number of fused-ring (bicyclic) bond motifs is 2. The number of nitrogens with zero attached hydrogens (tertiary/aromatic N) is 4. The minimum atomic E-state index is 0.253. The van der Waals surface area contributed by atoms with Gasteiger partial charge in [-0.05, 0) is 12.1 Å². The van der Waals surface area contributed by atoms with Crippen molar-refractivity contribution in [3.8, 4) is 18.0 Å². The van der Waals surface area contributed by atoms with Gasteiger partial charge in [0.15, 0.2) is 0 Å². The predicted octanol–water partition coefficient (Wildman–Crippen LogP) is 3.12. The summed E-state index contributed by atoms with van der Waals surface area (Å²) in [6, 6.07) is 16.0. The van der Waals surface area contributed by atoms with Crippen LogP contribution in [0.15, 0.2) is 54.7 Å². The van der Waals surface area contributed by atoms with E-state index in [0.29, 0.717) is 6.61 Å². The maximum atomic E-state index is 5.46. The van der Waals surface area contributed by atoms with Crippen LogP contribution in [0.5, 0.6) is 0 Å². The van der Waals surface area contributed by atoms with Crippen molar-refractivity contribution >= 4 is 21.8 Å². The first-order chi connectivity index (χ1) is 11.9. The quantitative estimate of drug-likeness (QED) is 0.330. The SMILES string of the molecule is C#CCOCc1cnnn1-c1c2ccccc2nc2ccccc12. The van der Waals surface area contributed by atoms with Gasteiger partial charge in [-0.2, -0.15) is 0 Å². The summed E-state index contributed by atoms with van der Waals surface area (Å²) in [7, 11) is 0. The van der Waals surface area contributed by atoms with E-state index < -0.39 is 0 Å². The van der Waals surface area contributed by atoms with Crippen molar-refractivity contribution in [2.45, 2.75) is 6.61 Å². The van der Waals surface area contributed by atoms with Gasteiger partial charge in [0, 0.05) is 10.8 Å². The normalized spacial score (nSPS) is 11.0. The third-order valence-electron chi connectivity index (χ3n) is 3.83. The van der Waals surface area contributed by atoms with Crippen LogP contribution in [0.2, 0.25) is 0 Å². The molecule has 0 saturated carbocycles. The molecule has 0 amide bonds. The highest BCUT2D eigenvalue weighted by Crippen LogP contribution is 2.29. The van der Waals surface area contributed by atoms with Crippen molar-refractivity contribution in [1.82, 2.24) is 20.0 Å². The number of hydrogen-bond donors (Lipinski definition) is 0. The topological polar surface area (TPSA) is 52.8 Å². The van der Waals surface area contributed by atoms with Gasteiger partial charge in [0.05, 0.1) is 35.2 Å². The molecule has 0 atom stereocenters. The minimum Gasteiger partial charge on any atom is -0.362 e. The molecule has 0 aliphatic heterocycles. The molecule has 0 aliphatic rings. The van der Waals surface area contributed by atoms with E-state index in [1.165, 1.54) is 0 Å². The van der Waals surface area contributed by atoms with E-state index in [-0.39, 0.29) is 6.61 Å². The first kappa shape index (κ1) is 14.4. The Kier molecular flexibility index (Phi) is 3.66. The Morgan fingerprint density at radius 1 is 1.00 bits per heavy atom. The molecule has 0 saturated heterocycles. The molecular weight excluding hydrogens is 300 g/mol. The number of pyridine rings is 1. The zero-order valence-electron chi connectivity index (χ0n) is 12.9. The van der Waals surface area contributed by atoms with Gasteiger partial charge >= 0.3 is 0 Å². The summed E-state index contributed by atoms with van der Waals surface area (Å²) in [5.41, 5.74) is 3.62. The molecule has 2 aromatic heterocycles. The monoisotopic (exact) mass is 314 g/mol. The molecular formula is C19H14N4O.